The molecule has 0 bridgehead atoms. The van der Waals surface area contributed by atoms with E-state index < -0.39 is 0 Å². The highest BCUT2D eigenvalue weighted by molar-refractivity contribution is 6.31. The molecule has 2 aliphatic rings. The van der Waals surface area contributed by atoms with Crippen molar-refractivity contribution < 1.29 is 0 Å². The molecule has 1 aromatic carbocycles. The van der Waals surface area contributed by atoms with Gasteiger partial charge in [0, 0.05) is 29.7 Å². The van der Waals surface area contributed by atoms with Gasteiger partial charge in [0.15, 0.2) is 0 Å². The minimum atomic E-state index is 0.155. The number of nitrogens with one attached hydrogen (secondary N) is 2. The zero-order valence-corrected chi connectivity index (χ0v) is 14.3. The SMILES string of the molecule is Clc1ccccc1C(Nc1ccccn1)C1CNC2CC=CCC21. The predicted octanol–water partition coefficient (Wildman–Crippen LogP) is 4.44. The van der Waals surface area contributed by atoms with E-state index in [4.69, 9.17) is 11.6 Å². The van der Waals surface area contributed by atoms with Gasteiger partial charge in [-0.15, -0.1) is 0 Å². The molecule has 0 radical (unpaired) electrons. The van der Waals surface area contributed by atoms with Crippen LogP contribution in [0.25, 0.3) is 0 Å². The fraction of sp³-hybridized carbons (Fsp3) is 0.350. The molecule has 24 heavy (non-hydrogen) atoms. The normalized spacial score (nSPS) is 26.8. The number of halogens is 1. The number of anilines is 1. The molecule has 4 heteroatoms. The smallest absolute Gasteiger partial charge is 0.126 e. The monoisotopic (exact) mass is 339 g/mol. The maximum atomic E-state index is 6.54. The molecule has 4 unspecified atom stereocenters. The molecule has 2 aromatic rings. The van der Waals surface area contributed by atoms with E-state index in [1.165, 1.54) is 0 Å². The lowest BCUT2D eigenvalue weighted by Gasteiger charge is -2.32. The Morgan fingerprint density at radius 3 is 2.75 bits per heavy atom. The number of allylic oxidation sites excluding steroid dienone is 1. The van der Waals surface area contributed by atoms with E-state index in [9.17, 15) is 0 Å². The molecule has 1 aliphatic heterocycles. The lowest BCUT2D eigenvalue weighted by Crippen LogP contribution is -2.31. The van der Waals surface area contributed by atoms with Gasteiger partial charge in [0.05, 0.1) is 6.04 Å². The molecule has 124 valence electrons. The fourth-order valence-electron chi connectivity index (χ4n) is 4.10. The van der Waals surface area contributed by atoms with Crippen molar-refractivity contribution in [1.82, 2.24) is 10.3 Å². The average molecular weight is 340 g/mol. The van der Waals surface area contributed by atoms with Gasteiger partial charge in [-0.1, -0.05) is 48.0 Å². The maximum Gasteiger partial charge on any atom is 0.126 e. The minimum Gasteiger partial charge on any atom is -0.363 e. The quantitative estimate of drug-likeness (QED) is 0.808. The van der Waals surface area contributed by atoms with Crippen molar-refractivity contribution in [2.24, 2.45) is 11.8 Å². The summed E-state index contributed by atoms with van der Waals surface area (Å²) in [4.78, 5) is 4.46. The van der Waals surface area contributed by atoms with Gasteiger partial charge in [0.2, 0.25) is 0 Å². The number of pyridine rings is 1. The molecule has 4 atom stereocenters. The summed E-state index contributed by atoms with van der Waals surface area (Å²) in [5.74, 6) is 2.02. The molecule has 0 spiro atoms. The molecule has 1 aromatic heterocycles. The van der Waals surface area contributed by atoms with Crippen molar-refractivity contribution in [1.29, 1.82) is 0 Å². The zero-order valence-electron chi connectivity index (χ0n) is 13.5. The topological polar surface area (TPSA) is 37.0 Å². The molecule has 1 saturated heterocycles. The van der Waals surface area contributed by atoms with Crippen LogP contribution in [-0.4, -0.2) is 17.6 Å². The number of aromatic nitrogens is 1. The molecular formula is C20H22ClN3. The number of fused-ring (bicyclic) bond motifs is 1. The lowest BCUT2D eigenvalue weighted by molar-refractivity contribution is 0.324. The molecule has 4 rings (SSSR count). The first-order valence-corrected chi connectivity index (χ1v) is 9.01. The van der Waals surface area contributed by atoms with Gasteiger partial charge in [-0.05, 0) is 42.5 Å². The van der Waals surface area contributed by atoms with Gasteiger partial charge in [0.25, 0.3) is 0 Å². The summed E-state index contributed by atoms with van der Waals surface area (Å²) < 4.78 is 0. The third kappa shape index (κ3) is 3.06. The Hall–Kier alpha value is -1.84. The standard InChI is InChI=1S/C20H22ClN3/c21-17-9-3-1-8-15(17)20(24-19-11-5-6-12-22-19)16-13-23-18-10-4-2-7-14(16)18/h1-6,8-9,11-12,14,16,18,20,23H,7,10,13H2,(H,22,24). The Bertz CT molecular complexity index is 716. The van der Waals surface area contributed by atoms with Gasteiger partial charge < -0.3 is 10.6 Å². The zero-order chi connectivity index (χ0) is 16.4. The molecule has 3 nitrogen and oxygen atoms in total. The van der Waals surface area contributed by atoms with Crippen LogP contribution in [0.5, 0.6) is 0 Å². The number of benzene rings is 1. The first-order valence-electron chi connectivity index (χ1n) is 8.63. The largest absolute Gasteiger partial charge is 0.363 e. The summed E-state index contributed by atoms with van der Waals surface area (Å²) in [5.41, 5.74) is 1.16. The van der Waals surface area contributed by atoms with E-state index in [-0.39, 0.29) is 6.04 Å². The average Bonchev–Trinajstić information content (AvgIpc) is 3.05. The van der Waals surface area contributed by atoms with Crippen molar-refractivity contribution in [3.63, 3.8) is 0 Å². The molecule has 2 heterocycles. The van der Waals surface area contributed by atoms with Crippen LogP contribution in [0, 0.1) is 11.8 Å². The molecule has 0 saturated carbocycles. The minimum absolute atomic E-state index is 0.155. The summed E-state index contributed by atoms with van der Waals surface area (Å²) >= 11 is 6.54. The molecule has 1 fully saturated rings. The Morgan fingerprint density at radius 1 is 1.08 bits per heavy atom. The number of rotatable bonds is 4. The van der Waals surface area contributed by atoms with Crippen LogP contribution in [0.15, 0.2) is 60.8 Å². The van der Waals surface area contributed by atoms with Crippen LogP contribution < -0.4 is 10.6 Å². The second-order valence-electron chi connectivity index (χ2n) is 6.64. The van der Waals surface area contributed by atoms with Crippen LogP contribution in [0.2, 0.25) is 5.02 Å². The molecular weight excluding hydrogens is 318 g/mol. The third-order valence-corrected chi connectivity index (χ3v) is 5.63. The second kappa shape index (κ2) is 6.96. The Kier molecular flexibility index (Phi) is 4.54. The van der Waals surface area contributed by atoms with Crippen LogP contribution in [0.3, 0.4) is 0 Å². The molecule has 2 N–H and O–H groups in total. The number of nitrogens with zero attached hydrogens (tertiary/aromatic N) is 1. The highest BCUT2D eigenvalue weighted by atomic mass is 35.5. The summed E-state index contributed by atoms with van der Waals surface area (Å²) in [6.07, 6.45) is 8.71. The highest BCUT2D eigenvalue weighted by Crippen LogP contribution is 2.41. The summed E-state index contributed by atoms with van der Waals surface area (Å²) in [7, 11) is 0. The maximum absolute atomic E-state index is 6.54. The Balaban J connectivity index is 1.68. The van der Waals surface area contributed by atoms with Crippen molar-refractivity contribution in [3.8, 4) is 0 Å². The first-order chi connectivity index (χ1) is 11.8. The van der Waals surface area contributed by atoms with Crippen LogP contribution in [-0.2, 0) is 0 Å². The van der Waals surface area contributed by atoms with E-state index in [0.29, 0.717) is 17.9 Å². The lowest BCUT2D eigenvalue weighted by atomic mass is 9.77. The number of hydrogen-bond donors (Lipinski definition) is 2. The highest BCUT2D eigenvalue weighted by Gasteiger charge is 2.41. The van der Waals surface area contributed by atoms with Crippen LogP contribution in [0.1, 0.15) is 24.4 Å². The van der Waals surface area contributed by atoms with Gasteiger partial charge in [-0.25, -0.2) is 4.98 Å². The van der Waals surface area contributed by atoms with E-state index >= 15 is 0 Å². The van der Waals surface area contributed by atoms with Gasteiger partial charge >= 0.3 is 0 Å². The van der Waals surface area contributed by atoms with E-state index in [1.54, 1.807) is 0 Å². The third-order valence-electron chi connectivity index (χ3n) is 5.28. The van der Waals surface area contributed by atoms with Gasteiger partial charge in [-0.3, -0.25) is 0 Å². The Morgan fingerprint density at radius 2 is 1.92 bits per heavy atom. The summed E-state index contributed by atoms with van der Waals surface area (Å²) in [6.45, 7) is 1.01. The predicted molar refractivity (Wildman–Crippen MR) is 99.2 cm³/mol. The van der Waals surface area contributed by atoms with E-state index in [2.05, 4.69) is 39.9 Å². The van der Waals surface area contributed by atoms with Gasteiger partial charge in [0.1, 0.15) is 5.82 Å². The van der Waals surface area contributed by atoms with Gasteiger partial charge in [-0.2, -0.15) is 0 Å². The van der Waals surface area contributed by atoms with Crippen molar-refractivity contribution >= 4 is 17.4 Å². The summed E-state index contributed by atoms with van der Waals surface area (Å²) in [6, 6.07) is 14.9. The number of hydrogen-bond acceptors (Lipinski definition) is 3. The van der Waals surface area contributed by atoms with Crippen molar-refractivity contribution in [3.05, 3.63) is 71.4 Å². The first kappa shape index (κ1) is 15.7. The molecule has 0 amide bonds. The van der Waals surface area contributed by atoms with Crippen molar-refractivity contribution in [2.75, 3.05) is 11.9 Å². The van der Waals surface area contributed by atoms with Crippen LogP contribution in [0.4, 0.5) is 5.82 Å². The Labute approximate surface area is 148 Å². The van der Waals surface area contributed by atoms with E-state index in [0.717, 1.165) is 35.8 Å². The second-order valence-corrected chi connectivity index (χ2v) is 7.05. The molecule has 1 aliphatic carbocycles. The van der Waals surface area contributed by atoms with Crippen molar-refractivity contribution in [2.45, 2.75) is 24.9 Å². The summed E-state index contributed by atoms with van der Waals surface area (Å²) in [5, 5.41) is 8.18. The van der Waals surface area contributed by atoms with E-state index in [1.807, 2.05) is 36.5 Å². The van der Waals surface area contributed by atoms with Crippen LogP contribution >= 0.6 is 11.6 Å². The fourth-order valence-corrected chi connectivity index (χ4v) is 4.35.